The molecule has 0 bridgehead atoms. The SMILES string of the molecule is CC(=NNC(=O)c1cccc(S(=O)(=O)N2CCCCC2)c1)c1cc2ccccc2o1. The molecule has 0 unspecified atom stereocenters. The summed E-state index contributed by atoms with van der Waals surface area (Å²) in [6.07, 6.45) is 2.75. The number of hydrogen-bond acceptors (Lipinski definition) is 5. The van der Waals surface area contributed by atoms with Gasteiger partial charge in [0, 0.05) is 24.0 Å². The zero-order chi connectivity index (χ0) is 21.1. The highest BCUT2D eigenvalue weighted by Crippen LogP contribution is 2.22. The topological polar surface area (TPSA) is 92.0 Å². The van der Waals surface area contributed by atoms with E-state index in [2.05, 4.69) is 10.5 Å². The number of rotatable bonds is 5. The van der Waals surface area contributed by atoms with Gasteiger partial charge in [0.2, 0.25) is 10.0 Å². The second-order valence-electron chi connectivity index (χ2n) is 7.28. The van der Waals surface area contributed by atoms with Gasteiger partial charge in [-0.15, -0.1) is 0 Å². The first kappa shape index (κ1) is 20.3. The third-order valence-electron chi connectivity index (χ3n) is 5.16. The van der Waals surface area contributed by atoms with Crippen LogP contribution < -0.4 is 5.43 Å². The van der Waals surface area contributed by atoms with Crippen LogP contribution in [0.4, 0.5) is 0 Å². The van der Waals surface area contributed by atoms with Crippen LogP contribution in [-0.4, -0.2) is 37.4 Å². The van der Waals surface area contributed by atoms with E-state index in [0.717, 1.165) is 30.2 Å². The molecule has 1 N–H and O–H groups in total. The van der Waals surface area contributed by atoms with Crippen molar-refractivity contribution in [1.82, 2.24) is 9.73 Å². The van der Waals surface area contributed by atoms with E-state index in [4.69, 9.17) is 4.42 Å². The summed E-state index contributed by atoms with van der Waals surface area (Å²) in [5.74, 6) is 0.0686. The van der Waals surface area contributed by atoms with Crippen LogP contribution in [0.25, 0.3) is 11.0 Å². The lowest BCUT2D eigenvalue weighted by atomic mass is 10.2. The Hall–Kier alpha value is -2.97. The molecule has 1 aliphatic heterocycles. The first-order valence-electron chi connectivity index (χ1n) is 9.89. The van der Waals surface area contributed by atoms with Crippen molar-refractivity contribution in [3.05, 3.63) is 65.9 Å². The maximum absolute atomic E-state index is 12.9. The summed E-state index contributed by atoms with van der Waals surface area (Å²) in [4.78, 5) is 12.7. The highest BCUT2D eigenvalue weighted by molar-refractivity contribution is 7.89. The highest BCUT2D eigenvalue weighted by atomic mass is 32.2. The summed E-state index contributed by atoms with van der Waals surface area (Å²) < 4.78 is 32.9. The molecule has 4 rings (SSSR count). The molecule has 1 aromatic heterocycles. The molecule has 8 heteroatoms. The average molecular weight is 426 g/mol. The largest absolute Gasteiger partial charge is 0.455 e. The van der Waals surface area contributed by atoms with Crippen LogP contribution in [0, 0.1) is 0 Å². The fourth-order valence-corrected chi connectivity index (χ4v) is 5.03. The highest BCUT2D eigenvalue weighted by Gasteiger charge is 2.26. The summed E-state index contributed by atoms with van der Waals surface area (Å²) in [6.45, 7) is 2.76. The maximum Gasteiger partial charge on any atom is 0.271 e. The molecule has 3 aromatic rings. The second-order valence-corrected chi connectivity index (χ2v) is 9.22. The van der Waals surface area contributed by atoms with Crippen molar-refractivity contribution in [2.75, 3.05) is 13.1 Å². The van der Waals surface area contributed by atoms with Crippen molar-refractivity contribution in [3.63, 3.8) is 0 Å². The Labute approximate surface area is 175 Å². The van der Waals surface area contributed by atoms with Crippen molar-refractivity contribution >= 4 is 32.6 Å². The van der Waals surface area contributed by atoms with Crippen molar-refractivity contribution < 1.29 is 17.6 Å². The van der Waals surface area contributed by atoms with Gasteiger partial charge in [-0.3, -0.25) is 4.79 Å². The minimum atomic E-state index is -3.60. The zero-order valence-electron chi connectivity index (χ0n) is 16.7. The monoisotopic (exact) mass is 425 g/mol. The maximum atomic E-state index is 12.9. The molecule has 156 valence electrons. The number of carbonyl (C=O) groups is 1. The molecule has 1 aliphatic rings. The van der Waals surface area contributed by atoms with E-state index in [-0.39, 0.29) is 10.5 Å². The lowest BCUT2D eigenvalue weighted by molar-refractivity contribution is 0.0954. The lowest BCUT2D eigenvalue weighted by Gasteiger charge is -2.25. The number of benzene rings is 2. The van der Waals surface area contributed by atoms with Gasteiger partial charge in [0.15, 0.2) is 5.76 Å². The molecule has 0 aliphatic carbocycles. The molecule has 1 saturated heterocycles. The molecular weight excluding hydrogens is 402 g/mol. The minimum absolute atomic E-state index is 0.120. The molecule has 1 amide bonds. The number of furan rings is 1. The summed E-state index contributed by atoms with van der Waals surface area (Å²) in [7, 11) is -3.60. The van der Waals surface area contributed by atoms with Gasteiger partial charge in [0.25, 0.3) is 5.91 Å². The number of amides is 1. The number of nitrogens with zero attached hydrogens (tertiary/aromatic N) is 2. The standard InChI is InChI=1S/C22H23N3O4S/c1-16(21-15-17-8-3-4-11-20(17)29-21)23-24-22(26)18-9-7-10-19(14-18)30(27,28)25-12-5-2-6-13-25/h3-4,7-11,14-15H,2,5-6,12-13H2,1H3,(H,24,26). The van der Waals surface area contributed by atoms with Gasteiger partial charge < -0.3 is 4.42 Å². The van der Waals surface area contributed by atoms with Gasteiger partial charge in [-0.05, 0) is 50.1 Å². The van der Waals surface area contributed by atoms with Crippen molar-refractivity contribution in [3.8, 4) is 0 Å². The minimum Gasteiger partial charge on any atom is -0.455 e. The van der Waals surface area contributed by atoms with Gasteiger partial charge >= 0.3 is 0 Å². The third-order valence-corrected chi connectivity index (χ3v) is 7.05. The number of hydrogen-bond donors (Lipinski definition) is 1. The molecule has 30 heavy (non-hydrogen) atoms. The Morgan fingerprint density at radius 1 is 1.03 bits per heavy atom. The Morgan fingerprint density at radius 3 is 2.57 bits per heavy atom. The number of sulfonamides is 1. The summed E-state index contributed by atoms with van der Waals surface area (Å²) in [6, 6.07) is 15.5. The number of fused-ring (bicyclic) bond motifs is 1. The molecular formula is C22H23N3O4S. The van der Waals surface area contributed by atoms with Crippen molar-refractivity contribution in [2.24, 2.45) is 5.10 Å². The van der Waals surface area contributed by atoms with E-state index in [1.54, 1.807) is 19.1 Å². The molecule has 7 nitrogen and oxygen atoms in total. The normalized spacial score (nSPS) is 16.0. The average Bonchev–Trinajstić information content (AvgIpc) is 3.22. The Bertz CT molecular complexity index is 1170. The van der Waals surface area contributed by atoms with E-state index in [1.165, 1.54) is 16.4 Å². The Balaban J connectivity index is 1.51. The molecule has 1 fully saturated rings. The number of para-hydroxylation sites is 1. The fourth-order valence-electron chi connectivity index (χ4n) is 3.47. The Kier molecular flexibility index (Phi) is 5.69. The predicted octanol–water partition coefficient (Wildman–Crippen LogP) is 3.76. The van der Waals surface area contributed by atoms with Crippen LogP contribution in [0.1, 0.15) is 42.3 Å². The number of carbonyl (C=O) groups excluding carboxylic acids is 1. The predicted molar refractivity (Wildman–Crippen MR) is 115 cm³/mol. The first-order valence-corrected chi connectivity index (χ1v) is 11.3. The molecule has 2 aromatic carbocycles. The van der Waals surface area contributed by atoms with Crippen LogP contribution in [0.5, 0.6) is 0 Å². The summed E-state index contributed by atoms with van der Waals surface area (Å²) >= 11 is 0. The number of hydrazone groups is 1. The quantitative estimate of drug-likeness (QED) is 0.498. The number of piperidine rings is 1. The Morgan fingerprint density at radius 2 is 1.80 bits per heavy atom. The van der Waals surface area contributed by atoms with E-state index >= 15 is 0 Å². The fraction of sp³-hybridized carbons (Fsp3) is 0.273. The van der Waals surface area contributed by atoms with Crippen LogP contribution in [0.15, 0.2) is 69.0 Å². The molecule has 0 atom stereocenters. The van der Waals surface area contributed by atoms with Gasteiger partial charge in [-0.2, -0.15) is 9.41 Å². The zero-order valence-corrected chi connectivity index (χ0v) is 17.5. The first-order chi connectivity index (χ1) is 14.4. The van der Waals surface area contributed by atoms with Crippen LogP contribution in [0.3, 0.4) is 0 Å². The van der Waals surface area contributed by atoms with Gasteiger partial charge in [-0.25, -0.2) is 13.8 Å². The summed E-state index contributed by atoms with van der Waals surface area (Å²) in [5, 5.41) is 5.06. The van der Waals surface area contributed by atoms with Gasteiger partial charge in [-0.1, -0.05) is 30.7 Å². The van der Waals surface area contributed by atoms with Crippen molar-refractivity contribution in [1.29, 1.82) is 0 Å². The lowest BCUT2D eigenvalue weighted by Crippen LogP contribution is -2.35. The van der Waals surface area contributed by atoms with E-state index in [1.807, 2.05) is 30.3 Å². The number of nitrogens with one attached hydrogen (secondary N) is 1. The summed E-state index contributed by atoms with van der Waals surface area (Å²) in [5.41, 5.74) is 3.96. The second kappa shape index (κ2) is 8.41. The van der Waals surface area contributed by atoms with Crippen LogP contribution in [-0.2, 0) is 10.0 Å². The van der Waals surface area contributed by atoms with Crippen LogP contribution >= 0.6 is 0 Å². The van der Waals surface area contributed by atoms with Gasteiger partial charge in [0.1, 0.15) is 11.3 Å². The molecule has 2 heterocycles. The van der Waals surface area contributed by atoms with Gasteiger partial charge in [0.05, 0.1) is 4.90 Å². The van der Waals surface area contributed by atoms with Crippen LogP contribution in [0.2, 0.25) is 0 Å². The smallest absolute Gasteiger partial charge is 0.271 e. The van der Waals surface area contributed by atoms with E-state index < -0.39 is 15.9 Å². The van der Waals surface area contributed by atoms with E-state index in [9.17, 15) is 13.2 Å². The molecule has 0 radical (unpaired) electrons. The molecule has 0 spiro atoms. The van der Waals surface area contributed by atoms with Crippen molar-refractivity contribution in [2.45, 2.75) is 31.1 Å². The molecule has 0 saturated carbocycles. The third kappa shape index (κ3) is 4.15. The van der Waals surface area contributed by atoms with E-state index in [0.29, 0.717) is 24.6 Å².